The molecule has 0 saturated carbocycles. The Balaban J connectivity index is 1.80. The molecule has 0 spiro atoms. The second kappa shape index (κ2) is 7.56. The Morgan fingerprint density at radius 2 is 1.54 bits per heavy atom. The lowest BCUT2D eigenvalue weighted by molar-refractivity contribution is -0.120. The van der Waals surface area contributed by atoms with Crippen LogP contribution in [0, 0.1) is 13.8 Å². The SMILES string of the molecule is Cc1noc(C)c1CC(=O)NCC(C)(c1ccccc1)c1ccccc1. The van der Waals surface area contributed by atoms with Gasteiger partial charge in [-0.3, -0.25) is 4.79 Å². The number of amides is 1. The Morgan fingerprint density at radius 1 is 1.00 bits per heavy atom. The molecule has 0 bridgehead atoms. The fraction of sp³-hybridized carbons (Fsp3) is 0.273. The minimum Gasteiger partial charge on any atom is -0.361 e. The lowest BCUT2D eigenvalue weighted by Gasteiger charge is -2.31. The highest BCUT2D eigenvalue weighted by Gasteiger charge is 2.29. The van der Waals surface area contributed by atoms with Crippen molar-refractivity contribution < 1.29 is 9.32 Å². The van der Waals surface area contributed by atoms with Gasteiger partial charge in [-0.1, -0.05) is 65.8 Å². The van der Waals surface area contributed by atoms with Gasteiger partial charge in [0.05, 0.1) is 12.1 Å². The summed E-state index contributed by atoms with van der Waals surface area (Å²) in [5, 5.41) is 7.02. The molecule has 3 rings (SSSR count). The molecule has 3 aromatic rings. The number of hydrogen-bond donors (Lipinski definition) is 1. The zero-order valence-electron chi connectivity index (χ0n) is 15.5. The molecule has 0 unspecified atom stereocenters. The van der Waals surface area contributed by atoms with Gasteiger partial charge in [-0.15, -0.1) is 0 Å². The maximum absolute atomic E-state index is 12.5. The fourth-order valence-corrected chi connectivity index (χ4v) is 3.24. The van der Waals surface area contributed by atoms with Crippen LogP contribution < -0.4 is 5.32 Å². The van der Waals surface area contributed by atoms with Crippen LogP contribution in [0.15, 0.2) is 65.2 Å². The maximum atomic E-state index is 12.5. The molecular formula is C22H24N2O2. The lowest BCUT2D eigenvalue weighted by Crippen LogP contribution is -2.40. The summed E-state index contributed by atoms with van der Waals surface area (Å²) in [6.45, 7) is 6.37. The average molecular weight is 348 g/mol. The Bertz CT molecular complexity index is 811. The third kappa shape index (κ3) is 3.69. The van der Waals surface area contributed by atoms with Gasteiger partial charge in [-0.05, 0) is 31.9 Å². The minimum absolute atomic E-state index is 0.0301. The van der Waals surface area contributed by atoms with E-state index in [9.17, 15) is 4.79 Å². The molecule has 0 radical (unpaired) electrons. The van der Waals surface area contributed by atoms with Crippen LogP contribution in [0.4, 0.5) is 0 Å². The zero-order chi connectivity index (χ0) is 18.6. The van der Waals surface area contributed by atoms with Crippen LogP contribution in [0.2, 0.25) is 0 Å². The van der Waals surface area contributed by atoms with Crippen molar-refractivity contribution in [2.24, 2.45) is 0 Å². The van der Waals surface area contributed by atoms with E-state index in [2.05, 4.69) is 41.7 Å². The van der Waals surface area contributed by atoms with Crippen molar-refractivity contribution in [2.45, 2.75) is 32.6 Å². The molecule has 0 saturated heterocycles. The molecule has 0 atom stereocenters. The highest BCUT2D eigenvalue weighted by atomic mass is 16.5. The molecule has 26 heavy (non-hydrogen) atoms. The molecular weight excluding hydrogens is 324 g/mol. The number of aromatic nitrogens is 1. The standard InChI is InChI=1S/C22H24N2O2/c1-16-20(17(2)26-24-16)14-21(25)23-15-22(3,18-10-6-4-7-11-18)19-12-8-5-9-13-19/h4-13H,14-15H2,1-3H3,(H,23,25). The van der Waals surface area contributed by atoms with Crippen LogP contribution in [-0.4, -0.2) is 17.6 Å². The van der Waals surface area contributed by atoms with Crippen molar-refractivity contribution in [2.75, 3.05) is 6.54 Å². The second-order valence-corrected chi connectivity index (χ2v) is 6.82. The van der Waals surface area contributed by atoms with Gasteiger partial charge in [-0.2, -0.15) is 0 Å². The summed E-state index contributed by atoms with van der Waals surface area (Å²) in [5.74, 6) is 0.670. The number of carbonyl (C=O) groups excluding carboxylic acids is 1. The predicted octanol–water partition coefficient (Wildman–Crippen LogP) is 3.96. The predicted molar refractivity (Wildman–Crippen MR) is 102 cm³/mol. The van der Waals surface area contributed by atoms with Gasteiger partial charge in [0.1, 0.15) is 5.76 Å². The van der Waals surface area contributed by atoms with E-state index in [0.29, 0.717) is 12.3 Å². The Kier molecular flexibility index (Phi) is 5.21. The van der Waals surface area contributed by atoms with E-state index in [-0.39, 0.29) is 17.7 Å². The number of hydrogen-bond acceptors (Lipinski definition) is 3. The Labute approximate surface area is 154 Å². The van der Waals surface area contributed by atoms with Gasteiger partial charge in [0.15, 0.2) is 0 Å². The van der Waals surface area contributed by atoms with Crippen molar-refractivity contribution in [3.05, 3.63) is 88.8 Å². The van der Waals surface area contributed by atoms with E-state index in [4.69, 9.17) is 4.52 Å². The van der Waals surface area contributed by atoms with E-state index in [1.807, 2.05) is 50.2 Å². The summed E-state index contributed by atoms with van der Waals surface area (Å²) in [7, 11) is 0. The van der Waals surface area contributed by atoms with Crippen LogP contribution in [-0.2, 0) is 16.6 Å². The zero-order valence-corrected chi connectivity index (χ0v) is 15.5. The average Bonchev–Trinajstić information content (AvgIpc) is 2.99. The third-order valence-corrected chi connectivity index (χ3v) is 4.98. The molecule has 0 aliphatic heterocycles. The molecule has 2 aromatic carbocycles. The molecule has 0 aliphatic carbocycles. The Hall–Kier alpha value is -2.88. The second-order valence-electron chi connectivity index (χ2n) is 6.82. The summed E-state index contributed by atoms with van der Waals surface area (Å²) >= 11 is 0. The van der Waals surface area contributed by atoms with Crippen LogP contribution in [0.25, 0.3) is 0 Å². The molecule has 1 aromatic heterocycles. The highest BCUT2D eigenvalue weighted by molar-refractivity contribution is 5.79. The van der Waals surface area contributed by atoms with Gasteiger partial charge >= 0.3 is 0 Å². The van der Waals surface area contributed by atoms with Crippen LogP contribution in [0.3, 0.4) is 0 Å². The van der Waals surface area contributed by atoms with Gasteiger partial charge < -0.3 is 9.84 Å². The van der Waals surface area contributed by atoms with E-state index in [1.54, 1.807) is 0 Å². The highest BCUT2D eigenvalue weighted by Crippen LogP contribution is 2.31. The van der Waals surface area contributed by atoms with Crippen molar-refractivity contribution in [3.8, 4) is 0 Å². The summed E-state index contributed by atoms with van der Waals surface area (Å²) in [6, 6.07) is 20.5. The first-order valence-electron chi connectivity index (χ1n) is 8.80. The monoisotopic (exact) mass is 348 g/mol. The van der Waals surface area contributed by atoms with Gasteiger partial charge in [0.2, 0.25) is 5.91 Å². The van der Waals surface area contributed by atoms with Crippen LogP contribution in [0.5, 0.6) is 0 Å². The molecule has 1 heterocycles. The molecule has 134 valence electrons. The van der Waals surface area contributed by atoms with Crippen molar-refractivity contribution in [1.82, 2.24) is 10.5 Å². The number of benzene rings is 2. The van der Waals surface area contributed by atoms with Crippen LogP contribution >= 0.6 is 0 Å². The first-order chi connectivity index (χ1) is 12.5. The van der Waals surface area contributed by atoms with E-state index in [0.717, 1.165) is 11.3 Å². The van der Waals surface area contributed by atoms with E-state index in [1.165, 1.54) is 11.1 Å². The number of carbonyl (C=O) groups is 1. The summed E-state index contributed by atoms with van der Waals surface area (Å²) < 4.78 is 5.15. The Morgan fingerprint density at radius 3 is 2.00 bits per heavy atom. The molecule has 1 amide bonds. The van der Waals surface area contributed by atoms with E-state index < -0.39 is 0 Å². The van der Waals surface area contributed by atoms with Crippen LogP contribution in [0.1, 0.15) is 35.1 Å². The number of aryl methyl sites for hydroxylation is 2. The first kappa shape index (κ1) is 17.9. The van der Waals surface area contributed by atoms with Gasteiger partial charge in [0.25, 0.3) is 0 Å². The van der Waals surface area contributed by atoms with Crippen molar-refractivity contribution in [3.63, 3.8) is 0 Å². The number of rotatable bonds is 6. The van der Waals surface area contributed by atoms with Gasteiger partial charge in [0, 0.05) is 17.5 Å². The maximum Gasteiger partial charge on any atom is 0.224 e. The number of nitrogens with one attached hydrogen (secondary N) is 1. The lowest BCUT2D eigenvalue weighted by atomic mass is 9.76. The number of nitrogens with zero attached hydrogens (tertiary/aromatic N) is 1. The summed E-state index contributed by atoms with van der Waals surface area (Å²) in [5.41, 5.74) is 3.67. The summed E-state index contributed by atoms with van der Waals surface area (Å²) in [6.07, 6.45) is 0.279. The molecule has 0 aliphatic rings. The minimum atomic E-state index is -0.309. The van der Waals surface area contributed by atoms with E-state index >= 15 is 0 Å². The molecule has 4 heteroatoms. The normalized spacial score (nSPS) is 11.3. The topological polar surface area (TPSA) is 55.1 Å². The third-order valence-electron chi connectivity index (χ3n) is 4.98. The fourth-order valence-electron chi connectivity index (χ4n) is 3.24. The molecule has 1 N–H and O–H groups in total. The molecule has 0 fully saturated rings. The van der Waals surface area contributed by atoms with Crippen molar-refractivity contribution >= 4 is 5.91 Å². The molecule has 4 nitrogen and oxygen atoms in total. The smallest absolute Gasteiger partial charge is 0.224 e. The first-order valence-corrected chi connectivity index (χ1v) is 8.80. The van der Waals surface area contributed by atoms with Gasteiger partial charge in [-0.25, -0.2) is 0 Å². The largest absolute Gasteiger partial charge is 0.361 e. The van der Waals surface area contributed by atoms with Crippen molar-refractivity contribution in [1.29, 1.82) is 0 Å². The quantitative estimate of drug-likeness (QED) is 0.734. The summed E-state index contributed by atoms with van der Waals surface area (Å²) in [4.78, 5) is 12.5.